The molecule has 6 heteroatoms. The molecule has 0 aliphatic heterocycles. The smallest absolute Gasteiger partial charge is 0.195 e. The van der Waals surface area contributed by atoms with E-state index in [4.69, 9.17) is 4.74 Å². The summed E-state index contributed by atoms with van der Waals surface area (Å²) in [5, 5.41) is 9.33. The third kappa shape index (κ3) is 4.14. The van der Waals surface area contributed by atoms with Gasteiger partial charge in [0.25, 0.3) is 0 Å². The molecule has 1 aromatic heterocycles. The number of ether oxygens (including phenoxy) is 1. The van der Waals surface area contributed by atoms with E-state index >= 15 is 0 Å². The zero-order valence-corrected chi connectivity index (χ0v) is 15.0. The molecular formula is C17H16BrN3OS. The predicted octanol–water partition coefficient (Wildman–Crippen LogP) is 4.51. The van der Waals surface area contributed by atoms with E-state index in [0.717, 1.165) is 32.6 Å². The van der Waals surface area contributed by atoms with Gasteiger partial charge in [-0.3, -0.25) is 4.57 Å². The second-order valence-corrected chi connectivity index (χ2v) is 6.83. The maximum absolute atomic E-state index is 5.74. The number of thioether (sulfide) groups is 1. The number of rotatable bonds is 6. The van der Waals surface area contributed by atoms with Gasteiger partial charge in [0.2, 0.25) is 0 Å². The summed E-state index contributed by atoms with van der Waals surface area (Å²) in [6.07, 6.45) is 0. The van der Waals surface area contributed by atoms with E-state index in [1.165, 1.54) is 0 Å². The van der Waals surface area contributed by atoms with Crippen LogP contribution in [-0.2, 0) is 0 Å². The van der Waals surface area contributed by atoms with Crippen molar-refractivity contribution in [2.24, 2.45) is 0 Å². The molecule has 0 aliphatic rings. The van der Waals surface area contributed by atoms with Gasteiger partial charge in [0.05, 0.1) is 6.61 Å². The summed E-state index contributed by atoms with van der Waals surface area (Å²) in [6, 6.07) is 18.0. The Morgan fingerprint density at radius 3 is 2.52 bits per heavy atom. The number of hydrogen-bond donors (Lipinski definition) is 0. The van der Waals surface area contributed by atoms with Crippen molar-refractivity contribution in [3.05, 3.63) is 64.9 Å². The van der Waals surface area contributed by atoms with Gasteiger partial charge < -0.3 is 4.74 Å². The molecule has 0 saturated carbocycles. The Kier molecular flexibility index (Phi) is 5.35. The van der Waals surface area contributed by atoms with Crippen molar-refractivity contribution in [3.63, 3.8) is 0 Å². The van der Waals surface area contributed by atoms with Crippen LogP contribution in [0.1, 0.15) is 5.82 Å². The fourth-order valence-corrected chi connectivity index (χ4v) is 3.21. The first-order chi connectivity index (χ1) is 11.2. The van der Waals surface area contributed by atoms with Crippen LogP contribution in [0.2, 0.25) is 0 Å². The molecule has 1 heterocycles. The van der Waals surface area contributed by atoms with Gasteiger partial charge in [0, 0.05) is 15.9 Å². The standard InChI is InChI=1S/C17H16BrN3OS/c1-13-19-20-17(21(13)15-5-3-2-4-6-15)23-12-11-22-16-9-7-14(18)8-10-16/h2-10H,11-12H2,1H3. The molecule has 2 aromatic carbocycles. The number of benzene rings is 2. The van der Waals surface area contributed by atoms with Crippen LogP contribution in [0.15, 0.2) is 64.2 Å². The maximum Gasteiger partial charge on any atom is 0.195 e. The Balaban J connectivity index is 1.60. The Hall–Kier alpha value is -1.79. The molecule has 118 valence electrons. The lowest BCUT2D eigenvalue weighted by Crippen LogP contribution is -2.03. The molecule has 0 amide bonds. The fraction of sp³-hybridized carbons (Fsp3) is 0.176. The third-order valence-electron chi connectivity index (χ3n) is 3.21. The van der Waals surface area contributed by atoms with Crippen LogP contribution >= 0.6 is 27.7 Å². The number of nitrogens with zero attached hydrogens (tertiary/aromatic N) is 3. The van der Waals surface area contributed by atoms with Crippen LogP contribution in [0, 0.1) is 6.92 Å². The van der Waals surface area contributed by atoms with E-state index in [2.05, 4.69) is 42.8 Å². The van der Waals surface area contributed by atoms with E-state index in [1.807, 2.05) is 49.4 Å². The molecule has 0 aliphatic carbocycles. The SMILES string of the molecule is Cc1nnc(SCCOc2ccc(Br)cc2)n1-c1ccccc1. The Morgan fingerprint density at radius 2 is 1.78 bits per heavy atom. The minimum Gasteiger partial charge on any atom is -0.493 e. The van der Waals surface area contributed by atoms with Gasteiger partial charge in [-0.25, -0.2) is 0 Å². The number of aryl methyl sites for hydroxylation is 1. The monoisotopic (exact) mass is 389 g/mol. The normalized spacial score (nSPS) is 10.7. The third-order valence-corrected chi connectivity index (χ3v) is 4.63. The van der Waals surface area contributed by atoms with Crippen LogP contribution in [0.25, 0.3) is 5.69 Å². The lowest BCUT2D eigenvalue weighted by Gasteiger charge is -2.09. The number of hydrogen-bond acceptors (Lipinski definition) is 4. The van der Waals surface area contributed by atoms with E-state index in [0.29, 0.717) is 6.61 Å². The maximum atomic E-state index is 5.74. The van der Waals surface area contributed by atoms with Crippen molar-refractivity contribution in [3.8, 4) is 11.4 Å². The molecule has 23 heavy (non-hydrogen) atoms. The topological polar surface area (TPSA) is 39.9 Å². The number of aromatic nitrogens is 3. The average molecular weight is 390 g/mol. The summed E-state index contributed by atoms with van der Waals surface area (Å²) in [5.41, 5.74) is 1.08. The summed E-state index contributed by atoms with van der Waals surface area (Å²) in [6.45, 7) is 2.58. The summed E-state index contributed by atoms with van der Waals surface area (Å²) < 4.78 is 8.84. The van der Waals surface area contributed by atoms with Gasteiger partial charge in [-0.1, -0.05) is 45.9 Å². The Morgan fingerprint density at radius 1 is 1.04 bits per heavy atom. The number of para-hydroxylation sites is 1. The second-order valence-electron chi connectivity index (χ2n) is 4.85. The van der Waals surface area contributed by atoms with Gasteiger partial charge in [-0.05, 0) is 43.3 Å². The van der Waals surface area contributed by atoms with E-state index in [-0.39, 0.29) is 0 Å². The molecule has 3 rings (SSSR count). The van der Waals surface area contributed by atoms with Gasteiger partial charge in [0.15, 0.2) is 5.16 Å². The lowest BCUT2D eigenvalue weighted by atomic mass is 10.3. The van der Waals surface area contributed by atoms with Crippen molar-refractivity contribution in [2.45, 2.75) is 12.1 Å². The van der Waals surface area contributed by atoms with Crippen LogP contribution < -0.4 is 4.74 Å². The Labute approximate surface area is 148 Å². The molecule has 0 saturated heterocycles. The first-order valence-corrected chi connectivity index (χ1v) is 9.00. The zero-order chi connectivity index (χ0) is 16.1. The molecule has 0 fully saturated rings. The van der Waals surface area contributed by atoms with Gasteiger partial charge in [-0.2, -0.15) is 0 Å². The van der Waals surface area contributed by atoms with Gasteiger partial charge in [0.1, 0.15) is 11.6 Å². The van der Waals surface area contributed by atoms with E-state index in [1.54, 1.807) is 11.8 Å². The molecule has 0 N–H and O–H groups in total. The van der Waals surface area contributed by atoms with Crippen molar-refractivity contribution in [1.29, 1.82) is 0 Å². The Bertz CT molecular complexity index is 759. The lowest BCUT2D eigenvalue weighted by molar-refractivity contribution is 0.344. The fourth-order valence-electron chi connectivity index (χ4n) is 2.13. The molecule has 0 radical (unpaired) electrons. The quantitative estimate of drug-likeness (QED) is 0.459. The van der Waals surface area contributed by atoms with Crippen molar-refractivity contribution in [2.75, 3.05) is 12.4 Å². The highest BCUT2D eigenvalue weighted by Crippen LogP contribution is 2.22. The number of halogens is 1. The second kappa shape index (κ2) is 7.66. The zero-order valence-electron chi connectivity index (χ0n) is 12.6. The van der Waals surface area contributed by atoms with Crippen molar-refractivity contribution >= 4 is 27.7 Å². The van der Waals surface area contributed by atoms with E-state index < -0.39 is 0 Å². The predicted molar refractivity (Wildman–Crippen MR) is 96.5 cm³/mol. The largest absolute Gasteiger partial charge is 0.493 e. The minimum absolute atomic E-state index is 0.618. The first-order valence-electron chi connectivity index (χ1n) is 7.22. The molecular weight excluding hydrogens is 374 g/mol. The van der Waals surface area contributed by atoms with E-state index in [9.17, 15) is 0 Å². The van der Waals surface area contributed by atoms with Crippen LogP contribution in [0.5, 0.6) is 5.75 Å². The highest BCUT2D eigenvalue weighted by molar-refractivity contribution is 9.10. The molecule has 4 nitrogen and oxygen atoms in total. The van der Waals surface area contributed by atoms with Crippen LogP contribution in [0.3, 0.4) is 0 Å². The van der Waals surface area contributed by atoms with Crippen LogP contribution in [-0.4, -0.2) is 27.1 Å². The minimum atomic E-state index is 0.618. The van der Waals surface area contributed by atoms with Crippen molar-refractivity contribution < 1.29 is 4.74 Å². The summed E-state index contributed by atoms with van der Waals surface area (Å²) in [7, 11) is 0. The summed E-state index contributed by atoms with van der Waals surface area (Å²) >= 11 is 5.05. The molecule has 3 aromatic rings. The first kappa shape index (κ1) is 16.1. The molecule has 0 unspecified atom stereocenters. The molecule has 0 atom stereocenters. The summed E-state index contributed by atoms with van der Waals surface area (Å²) in [4.78, 5) is 0. The molecule has 0 spiro atoms. The van der Waals surface area contributed by atoms with Gasteiger partial charge in [-0.15, -0.1) is 10.2 Å². The highest BCUT2D eigenvalue weighted by Gasteiger charge is 2.10. The highest BCUT2D eigenvalue weighted by atomic mass is 79.9. The van der Waals surface area contributed by atoms with Crippen molar-refractivity contribution in [1.82, 2.24) is 14.8 Å². The summed E-state index contributed by atoms with van der Waals surface area (Å²) in [5.74, 6) is 2.56. The van der Waals surface area contributed by atoms with Gasteiger partial charge >= 0.3 is 0 Å². The average Bonchev–Trinajstić information content (AvgIpc) is 2.95. The van der Waals surface area contributed by atoms with Crippen LogP contribution in [0.4, 0.5) is 0 Å². The molecule has 0 bridgehead atoms.